The topological polar surface area (TPSA) is 43.3 Å². The Bertz CT molecular complexity index is 727. The summed E-state index contributed by atoms with van der Waals surface area (Å²) in [5, 5.41) is 2.87. The monoisotopic (exact) mass is 326 g/mol. The van der Waals surface area contributed by atoms with E-state index in [2.05, 4.69) is 61.0 Å². The third kappa shape index (κ3) is 4.36. The van der Waals surface area contributed by atoms with Gasteiger partial charge in [-0.05, 0) is 57.5 Å². The lowest BCUT2D eigenvalue weighted by molar-refractivity contribution is -0.117. The summed E-state index contributed by atoms with van der Waals surface area (Å²) in [5.74, 6) is -0.111. The van der Waals surface area contributed by atoms with E-state index in [4.69, 9.17) is 4.74 Å². The number of ether oxygens (including phenoxy) is 1. The molecule has 4 heteroatoms. The van der Waals surface area contributed by atoms with Crippen molar-refractivity contribution < 1.29 is 9.53 Å². The molecule has 4 nitrogen and oxygen atoms in total. The summed E-state index contributed by atoms with van der Waals surface area (Å²) in [4.78, 5) is 12.0. The average molecular weight is 326 g/mol. The van der Waals surface area contributed by atoms with Gasteiger partial charge in [0, 0.05) is 36.3 Å². The number of benzene rings is 1. The number of hydrogen-bond acceptors (Lipinski definition) is 2. The Kier molecular flexibility index (Phi) is 5.99. The summed E-state index contributed by atoms with van der Waals surface area (Å²) in [6, 6.07) is 10.5. The Balaban J connectivity index is 2.18. The van der Waals surface area contributed by atoms with Gasteiger partial charge in [-0.2, -0.15) is 0 Å². The van der Waals surface area contributed by atoms with Crippen LogP contribution in [0.25, 0.3) is 11.8 Å². The fourth-order valence-electron chi connectivity index (χ4n) is 2.80. The van der Waals surface area contributed by atoms with Crippen molar-refractivity contribution in [2.24, 2.45) is 0 Å². The predicted molar refractivity (Wildman–Crippen MR) is 98.5 cm³/mol. The summed E-state index contributed by atoms with van der Waals surface area (Å²) in [6.07, 6.45) is 3.44. The molecule has 0 saturated carbocycles. The Hall–Kier alpha value is -2.33. The molecule has 2 aromatic rings. The molecule has 0 aliphatic carbocycles. The molecule has 1 atom stereocenters. The molecule has 1 N–H and O–H groups in total. The minimum Gasteiger partial charge on any atom is -0.383 e. The third-order valence-electron chi connectivity index (χ3n) is 3.98. The molecule has 0 saturated heterocycles. The fourth-order valence-corrected chi connectivity index (χ4v) is 2.80. The lowest BCUT2D eigenvalue weighted by Crippen LogP contribution is -2.34. The largest absolute Gasteiger partial charge is 0.383 e. The zero-order chi connectivity index (χ0) is 17.7. The van der Waals surface area contributed by atoms with Gasteiger partial charge in [0.2, 0.25) is 5.91 Å². The van der Waals surface area contributed by atoms with E-state index in [1.807, 2.05) is 13.0 Å². The van der Waals surface area contributed by atoms with Crippen LogP contribution in [0.1, 0.15) is 29.4 Å². The second-order valence-electron chi connectivity index (χ2n) is 6.20. The van der Waals surface area contributed by atoms with E-state index < -0.39 is 0 Å². The van der Waals surface area contributed by atoms with E-state index >= 15 is 0 Å². The summed E-state index contributed by atoms with van der Waals surface area (Å²) in [6.45, 7) is 8.64. The quantitative estimate of drug-likeness (QED) is 0.825. The van der Waals surface area contributed by atoms with E-state index in [1.165, 1.54) is 5.56 Å². The van der Waals surface area contributed by atoms with Crippen LogP contribution in [0.15, 0.2) is 36.4 Å². The number of hydrogen-bond donors (Lipinski definition) is 1. The van der Waals surface area contributed by atoms with E-state index in [9.17, 15) is 4.79 Å². The molecule has 1 unspecified atom stereocenters. The van der Waals surface area contributed by atoms with Crippen LogP contribution in [0.5, 0.6) is 0 Å². The van der Waals surface area contributed by atoms with Gasteiger partial charge in [-0.1, -0.05) is 17.7 Å². The molecular weight excluding hydrogens is 300 g/mol. The fraction of sp³-hybridized carbons (Fsp3) is 0.350. The van der Waals surface area contributed by atoms with Gasteiger partial charge in [-0.25, -0.2) is 0 Å². The highest BCUT2D eigenvalue weighted by Crippen LogP contribution is 2.22. The molecule has 24 heavy (non-hydrogen) atoms. The van der Waals surface area contributed by atoms with Gasteiger partial charge < -0.3 is 14.6 Å². The Labute approximate surface area is 144 Å². The first-order valence-electron chi connectivity index (χ1n) is 8.16. The van der Waals surface area contributed by atoms with Gasteiger partial charge in [-0.3, -0.25) is 4.79 Å². The van der Waals surface area contributed by atoms with Crippen LogP contribution < -0.4 is 5.32 Å². The highest BCUT2D eigenvalue weighted by atomic mass is 16.5. The van der Waals surface area contributed by atoms with Crippen LogP contribution in [0.3, 0.4) is 0 Å². The van der Waals surface area contributed by atoms with Crippen molar-refractivity contribution in [3.63, 3.8) is 0 Å². The van der Waals surface area contributed by atoms with Crippen molar-refractivity contribution in [2.75, 3.05) is 13.7 Å². The van der Waals surface area contributed by atoms with Gasteiger partial charge in [0.1, 0.15) is 0 Å². The molecule has 1 amide bonds. The molecule has 1 heterocycles. The normalized spacial score (nSPS) is 12.5. The van der Waals surface area contributed by atoms with Gasteiger partial charge >= 0.3 is 0 Å². The summed E-state index contributed by atoms with van der Waals surface area (Å²) < 4.78 is 7.22. The Morgan fingerprint density at radius 1 is 1.25 bits per heavy atom. The van der Waals surface area contributed by atoms with Crippen molar-refractivity contribution in [3.8, 4) is 5.69 Å². The molecule has 1 aromatic carbocycles. The summed E-state index contributed by atoms with van der Waals surface area (Å²) in [5.41, 5.74) is 5.67. The number of aryl methyl sites for hydroxylation is 2. The number of methoxy groups -OCH3 is 1. The van der Waals surface area contributed by atoms with E-state index in [1.54, 1.807) is 13.2 Å². The highest BCUT2D eigenvalue weighted by molar-refractivity contribution is 5.92. The molecule has 0 aliphatic rings. The first-order valence-corrected chi connectivity index (χ1v) is 8.16. The van der Waals surface area contributed by atoms with E-state index in [-0.39, 0.29) is 11.9 Å². The van der Waals surface area contributed by atoms with Crippen molar-refractivity contribution in [1.29, 1.82) is 0 Å². The SMILES string of the molecule is COCC(C)NC(=O)C=Cc1cc(C)n(-c2ccc(C)cc2)c1C. The predicted octanol–water partition coefficient (Wildman–Crippen LogP) is 3.57. The second-order valence-corrected chi connectivity index (χ2v) is 6.20. The Morgan fingerprint density at radius 2 is 1.92 bits per heavy atom. The standard InChI is InChI=1S/C20H26N2O2/c1-14-6-9-19(10-7-14)22-16(3)12-18(17(22)4)8-11-20(23)21-15(2)13-24-5/h6-12,15H,13H2,1-5H3,(H,21,23). The number of nitrogens with one attached hydrogen (secondary N) is 1. The molecule has 0 bridgehead atoms. The lowest BCUT2D eigenvalue weighted by atomic mass is 10.2. The van der Waals surface area contributed by atoms with Gasteiger partial charge in [0.25, 0.3) is 0 Å². The first-order chi connectivity index (χ1) is 11.4. The van der Waals surface area contributed by atoms with Crippen molar-refractivity contribution >= 4 is 12.0 Å². The van der Waals surface area contributed by atoms with Crippen molar-refractivity contribution in [2.45, 2.75) is 33.7 Å². The smallest absolute Gasteiger partial charge is 0.244 e. The number of rotatable bonds is 6. The maximum atomic E-state index is 12.0. The maximum Gasteiger partial charge on any atom is 0.244 e. The molecule has 2 rings (SSSR count). The van der Waals surface area contributed by atoms with Crippen molar-refractivity contribution in [1.82, 2.24) is 9.88 Å². The minimum atomic E-state index is -0.111. The zero-order valence-electron chi connectivity index (χ0n) is 15.1. The molecule has 128 valence electrons. The van der Waals surface area contributed by atoms with Gasteiger partial charge in [0.15, 0.2) is 0 Å². The van der Waals surface area contributed by atoms with Crippen LogP contribution in [0.2, 0.25) is 0 Å². The van der Waals surface area contributed by atoms with Crippen LogP contribution in [0, 0.1) is 20.8 Å². The third-order valence-corrected chi connectivity index (χ3v) is 3.98. The average Bonchev–Trinajstić information content (AvgIpc) is 2.81. The molecular formula is C20H26N2O2. The lowest BCUT2D eigenvalue weighted by Gasteiger charge is -2.10. The van der Waals surface area contributed by atoms with Crippen LogP contribution >= 0.6 is 0 Å². The molecule has 0 aliphatic heterocycles. The second kappa shape index (κ2) is 7.97. The Morgan fingerprint density at radius 3 is 2.54 bits per heavy atom. The zero-order valence-corrected chi connectivity index (χ0v) is 15.1. The van der Waals surface area contributed by atoms with Crippen LogP contribution in [0.4, 0.5) is 0 Å². The van der Waals surface area contributed by atoms with Crippen LogP contribution in [-0.2, 0) is 9.53 Å². The molecule has 0 radical (unpaired) electrons. The summed E-state index contributed by atoms with van der Waals surface area (Å²) in [7, 11) is 1.62. The van der Waals surface area contributed by atoms with Crippen LogP contribution in [-0.4, -0.2) is 30.2 Å². The first kappa shape index (κ1) is 18.0. The number of carbonyl (C=O) groups excluding carboxylic acids is 1. The molecule has 0 fully saturated rings. The molecule has 0 spiro atoms. The van der Waals surface area contributed by atoms with Crippen molar-refractivity contribution in [3.05, 3.63) is 58.9 Å². The summed E-state index contributed by atoms with van der Waals surface area (Å²) >= 11 is 0. The van der Waals surface area contributed by atoms with Gasteiger partial charge in [0.05, 0.1) is 6.61 Å². The van der Waals surface area contributed by atoms with Gasteiger partial charge in [-0.15, -0.1) is 0 Å². The highest BCUT2D eigenvalue weighted by Gasteiger charge is 2.09. The maximum absolute atomic E-state index is 12.0. The van der Waals surface area contributed by atoms with E-state index in [0.29, 0.717) is 6.61 Å². The molecule has 1 aromatic heterocycles. The number of amides is 1. The number of aromatic nitrogens is 1. The number of nitrogens with zero attached hydrogens (tertiary/aromatic N) is 1. The minimum absolute atomic E-state index is 0.00728. The van der Waals surface area contributed by atoms with E-state index in [0.717, 1.165) is 22.6 Å². The number of carbonyl (C=O) groups is 1.